The summed E-state index contributed by atoms with van der Waals surface area (Å²) < 4.78 is 1.25. The van der Waals surface area contributed by atoms with Crippen molar-refractivity contribution in [1.29, 1.82) is 0 Å². The number of rotatable bonds is 7. The predicted molar refractivity (Wildman–Crippen MR) is 97.4 cm³/mol. The summed E-state index contributed by atoms with van der Waals surface area (Å²) in [4.78, 5) is 44.7. The summed E-state index contributed by atoms with van der Waals surface area (Å²) in [6.07, 6.45) is 3.44. The highest BCUT2D eigenvalue weighted by Crippen LogP contribution is 2.17. The molecule has 3 N–H and O–H groups in total. The molecule has 10 nitrogen and oxygen atoms in total. The molecule has 0 unspecified atom stereocenters. The minimum Gasteiger partial charge on any atom is -0.336 e. The van der Waals surface area contributed by atoms with Crippen LogP contribution in [0.1, 0.15) is 37.0 Å². The fourth-order valence-electron chi connectivity index (χ4n) is 2.42. The van der Waals surface area contributed by atoms with Crippen molar-refractivity contribution in [2.75, 3.05) is 5.32 Å². The van der Waals surface area contributed by atoms with Crippen molar-refractivity contribution in [1.82, 2.24) is 29.7 Å². The van der Waals surface area contributed by atoms with Gasteiger partial charge in [0.15, 0.2) is 5.65 Å². The maximum absolute atomic E-state index is 12.1. The smallest absolute Gasteiger partial charge is 0.329 e. The number of fused-ring (bicyclic) bond motifs is 1. The van der Waals surface area contributed by atoms with E-state index >= 15 is 0 Å². The third-order valence-corrected chi connectivity index (χ3v) is 4.75. The van der Waals surface area contributed by atoms with Crippen LogP contribution in [-0.4, -0.2) is 35.6 Å². The second-order valence-corrected chi connectivity index (χ2v) is 6.92. The third kappa shape index (κ3) is 3.87. The van der Waals surface area contributed by atoms with Gasteiger partial charge >= 0.3 is 5.69 Å². The molecular formula is C15H19N7O3S. The Morgan fingerprint density at radius 2 is 2.04 bits per heavy atom. The number of hydrogen-bond acceptors (Lipinski definition) is 7. The normalized spacial score (nSPS) is 11.2. The van der Waals surface area contributed by atoms with E-state index in [4.69, 9.17) is 0 Å². The quantitative estimate of drug-likeness (QED) is 0.554. The van der Waals surface area contributed by atoms with Gasteiger partial charge in [0, 0.05) is 26.3 Å². The lowest BCUT2D eigenvalue weighted by molar-refractivity contribution is -0.116. The number of aromatic amines is 2. The molecule has 0 atom stereocenters. The van der Waals surface area contributed by atoms with Gasteiger partial charge in [0.1, 0.15) is 16.3 Å². The minimum absolute atomic E-state index is 0.162. The molecule has 1 amide bonds. The van der Waals surface area contributed by atoms with E-state index < -0.39 is 11.2 Å². The van der Waals surface area contributed by atoms with E-state index in [0.717, 1.165) is 24.3 Å². The van der Waals surface area contributed by atoms with Gasteiger partial charge in [-0.3, -0.25) is 19.1 Å². The summed E-state index contributed by atoms with van der Waals surface area (Å²) in [5.41, 5.74) is -0.584. The highest BCUT2D eigenvalue weighted by atomic mass is 32.1. The highest BCUT2D eigenvalue weighted by molar-refractivity contribution is 7.15. The molecule has 3 aromatic rings. The Kier molecular flexibility index (Phi) is 5.26. The standard InChI is InChI=1S/C15H19N7O3S/c1-3-4-5-10-20-21-14(26-10)18-9(23)7-6-8-16-11-12(17-8)22(2)15(25)19-13(11)24/h3-7H2,1-2H3,(H,16,17)(H,18,21,23)(H,19,24,25). The molecule has 0 spiro atoms. The number of nitrogens with zero attached hydrogens (tertiary/aromatic N) is 4. The van der Waals surface area contributed by atoms with Gasteiger partial charge in [-0.2, -0.15) is 0 Å². The van der Waals surface area contributed by atoms with Gasteiger partial charge in [0.25, 0.3) is 5.56 Å². The van der Waals surface area contributed by atoms with Crippen molar-refractivity contribution in [2.24, 2.45) is 7.05 Å². The number of carbonyl (C=O) groups is 1. The van der Waals surface area contributed by atoms with Crippen LogP contribution in [0.2, 0.25) is 0 Å². The van der Waals surface area contributed by atoms with Gasteiger partial charge in [0.05, 0.1) is 0 Å². The van der Waals surface area contributed by atoms with E-state index in [2.05, 4.69) is 37.4 Å². The van der Waals surface area contributed by atoms with Gasteiger partial charge in [0.2, 0.25) is 11.0 Å². The number of anilines is 1. The van der Waals surface area contributed by atoms with Crippen molar-refractivity contribution in [2.45, 2.75) is 39.0 Å². The molecule has 26 heavy (non-hydrogen) atoms. The molecule has 0 fully saturated rings. The Bertz CT molecular complexity index is 1050. The van der Waals surface area contributed by atoms with Gasteiger partial charge < -0.3 is 10.3 Å². The second kappa shape index (κ2) is 7.60. The third-order valence-electron chi connectivity index (χ3n) is 3.85. The number of H-pyrrole nitrogens is 2. The van der Waals surface area contributed by atoms with Crippen LogP contribution in [0.15, 0.2) is 9.59 Å². The first-order valence-corrected chi connectivity index (χ1v) is 9.09. The Morgan fingerprint density at radius 1 is 1.23 bits per heavy atom. The number of nitrogens with one attached hydrogen (secondary N) is 3. The van der Waals surface area contributed by atoms with Gasteiger partial charge in [-0.15, -0.1) is 10.2 Å². The summed E-state index contributed by atoms with van der Waals surface area (Å²) in [5.74, 6) is 0.245. The molecule has 0 aliphatic carbocycles. The lowest BCUT2D eigenvalue weighted by Gasteiger charge is -1.99. The number of carbonyl (C=O) groups excluding carboxylic acids is 1. The molecule has 0 radical (unpaired) electrons. The first kappa shape index (κ1) is 18.0. The molecule has 0 aromatic carbocycles. The Labute approximate surface area is 151 Å². The zero-order valence-corrected chi connectivity index (χ0v) is 15.3. The van der Waals surface area contributed by atoms with Crippen LogP contribution >= 0.6 is 11.3 Å². The van der Waals surface area contributed by atoms with Crippen LogP contribution in [0.5, 0.6) is 0 Å². The molecule has 3 heterocycles. The van der Waals surface area contributed by atoms with E-state index in [1.165, 1.54) is 23.0 Å². The largest absolute Gasteiger partial charge is 0.336 e. The molecule has 3 aromatic heterocycles. The van der Waals surface area contributed by atoms with Crippen molar-refractivity contribution >= 4 is 33.5 Å². The zero-order valence-electron chi connectivity index (χ0n) is 14.5. The predicted octanol–water partition coefficient (Wildman–Crippen LogP) is 0.715. The van der Waals surface area contributed by atoms with Crippen LogP contribution in [0.3, 0.4) is 0 Å². The highest BCUT2D eigenvalue weighted by Gasteiger charge is 2.13. The van der Waals surface area contributed by atoms with Gasteiger partial charge in [-0.05, 0) is 6.42 Å². The summed E-state index contributed by atoms with van der Waals surface area (Å²) in [6.45, 7) is 2.10. The molecule has 0 bridgehead atoms. The maximum Gasteiger partial charge on any atom is 0.329 e. The average molecular weight is 377 g/mol. The van der Waals surface area contributed by atoms with Crippen molar-refractivity contribution in [3.8, 4) is 0 Å². The van der Waals surface area contributed by atoms with Crippen molar-refractivity contribution in [3.05, 3.63) is 31.7 Å². The van der Waals surface area contributed by atoms with Crippen LogP contribution in [-0.2, 0) is 24.7 Å². The molecule has 0 aliphatic rings. The first-order chi connectivity index (χ1) is 12.5. The van der Waals surface area contributed by atoms with Gasteiger partial charge in [-0.1, -0.05) is 24.7 Å². The van der Waals surface area contributed by atoms with Crippen molar-refractivity contribution < 1.29 is 4.79 Å². The summed E-state index contributed by atoms with van der Waals surface area (Å²) in [6, 6.07) is 0. The van der Waals surface area contributed by atoms with E-state index in [-0.39, 0.29) is 23.5 Å². The summed E-state index contributed by atoms with van der Waals surface area (Å²) in [5, 5.41) is 12.1. The summed E-state index contributed by atoms with van der Waals surface area (Å²) in [7, 11) is 1.52. The Morgan fingerprint density at radius 3 is 2.81 bits per heavy atom. The number of hydrogen-bond donors (Lipinski definition) is 3. The number of aryl methyl sites for hydroxylation is 3. The molecule has 138 valence electrons. The molecular weight excluding hydrogens is 358 g/mol. The molecule has 0 saturated carbocycles. The lowest BCUT2D eigenvalue weighted by Crippen LogP contribution is -2.28. The maximum atomic E-state index is 12.1. The van der Waals surface area contributed by atoms with Crippen LogP contribution < -0.4 is 16.6 Å². The average Bonchev–Trinajstić information content (AvgIpc) is 3.23. The van der Waals surface area contributed by atoms with Crippen LogP contribution in [0.4, 0.5) is 5.13 Å². The van der Waals surface area contributed by atoms with E-state index in [1.54, 1.807) is 0 Å². The monoisotopic (exact) mass is 377 g/mol. The molecule has 3 rings (SSSR count). The summed E-state index contributed by atoms with van der Waals surface area (Å²) >= 11 is 1.37. The minimum atomic E-state index is -0.534. The van der Waals surface area contributed by atoms with E-state index in [0.29, 0.717) is 17.4 Å². The van der Waals surface area contributed by atoms with E-state index in [9.17, 15) is 14.4 Å². The molecule has 0 aliphatic heterocycles. The van der Waals surface area contributed by atoms with Crippen LogP contribution in [0, 0.1) is 0 Å². The van der Waals surface area contributed by atoms with E-state index in [1.807, 2.05) is 0 Å². The molecule has 11 heteroatoms. The first-order valence-electron chi connectivity index (χ1n) is 8.28. The SMILES string of the molecule is CCCCc1nnc(NC(=O)CCc2nc3c([nH]2)c(=O)[nH]c(=O)n3C)s1. The Balaban J connectivity index is 1.63. The van der Waals surface area contributed by atoms with Crippen LogP contribution in [0.25, 0.3) is 11.2 Å². The molecule has 0 saturated heterocycles. The number of aromatic nitrogens is 6. The topological polar surface area (TPSA) is 138 Å². The van der Waals surface area contributed by atoms with Crippen molar-refractivity contribution in [3.63, 3.8) is 0 Å². The Hall–Kier alpha value is -2.82. The number of imidazole rings is 1. The number of unbranched alkanes of at least 4 members (excludes halogenated alkanes) is 1. The van der Waals surface area contributed by atoms with Gasteiger partial charge in [-0.25, -0.2) is 9.78 Å². The number of amides is 1. The fourth-order valence-corrected chi connectivity index (χ4v) is 3.22. The fraction of sp³-hybridized carbons (Fsp3) is 0.467. The lowest BCUT2D eigenvalue weighted by atomic mass is 10.3. The zero-order chi connectivity index (χ0) is 18.7. The second-order valence-electron chi connectivity index (χ2n) is 5.85.